The second kappa shape index (κ2) is 5.80. The van der Waals surface area contributed by atoms with Gasteiger partial charge in [-0.05, 0) is 32.9 Å². The fourth-order valence-electron chi connectivity index (χ4n) is 1.33. The molecule has 1 atom stereocenters. The van der Waals surface area contributed by atoms with Gasteiger partial charge in [-0.2, -0.15) is 9.17 Å². The van der Waals surface area contributed by atoms with Gasteiger partial charge in [-0.25, -0.2) is 4.98 Å². The van der Waals surface area contributed by atoms with Crippen LogP contribution in [0.25, 0.3) is 0 Å². The fraction of sp³-hybridized carbons (Fsp3) is 0.727. The van der Waals surface area contributed by atoms with Crippen molar-refractivity contribution >= 4 is 16.7 Å². The molecule has 0 saturated carbocycles. The highest BCUT2D eigenvalue weighted by Crippen LogP contribution is 2.18. The Hall–Kier alpha value is -1.61. The molecule has 0 aliphatic carbocycles. The van der Waals surface area contributed by atoms with Crippen molar-refractivity contribution in [1.82, 2.24) is 29.6 Å². The van der Waals surface area contributed by atoms with Crippen molar-refractivity contribution in [2.24, 2.45) is 0 Å². The largest absolute Gasteiger partial charge is 0.374 e. The van der Waals surface area contributed by atoms with Crippen molar-refractivity contribution in [2.45, 2.75) is 45.9 Å². The highest BCUT2D eigenvalue weighted by molar-refractivity contribution is 7.09. The second-order valence-corrected chi connectivity index (χ2v) is 6.11. The summed E-state index contributed by atoms with van der Waals surface area (Å²) >= 11 is 1.29. The van der Waals surface area contributed by atoms with E-state index in [9.17, 15) is 0 Å². The number of hydrogen-bond donors (Lipinski definition) is 1. The number of rotatable bonds is 5. The minimum Gasteiger partial charge on any atom is -0.374 e. The van der Waals surface area contributed by atoms with E-state index in [0.717, 1.165) is 5.13 Å². The highest BCUT2D eigenvalue weighted by Gasteiger charge is 2.17. The molecule has 2 rings (SSSR count). The predicted octanol–water partition coefficient (Wildman–Crippen LogP) is 1.60. The standard InChI is InChI=1S/C11H19N7OS/c1-7(19-5)9-13-10(20-16-9)12-6-8-14-17-18(15-8)11(2,3)4/h7H,6H2,1-5H3,(H,12,13,16). The van der Waals surface area contributed by atoms with Crippen LogP contribution in [0.5, 0.6) is 0 Å². The third-order valence-corrected chi connectivity index (χ3v) is 3.30. The number of aromatic nitrogens is 6. The summed E-state index contributed by atoms with van der Waals surface area (Å²) < 4.78 is 9.39. The third kappa shape index (κ3) is 3.48. The van der Waals surface area contributed by atoms with Crippen LogP contribution < -0.4 is 5.32 Å². The summed E-state index contributed by atoms with van der Waals surface area (Å²) in [4.78, 5) is 5.94. The number of nitrogens with one attached hydrogen (secondary N) is 1. The number of anilines is 1. The molecule has 8 nitrogen and oxygen atoms in total. The topological polar surface area (TPSA) is 90.6 Å². The minimum absolute atomic E-state index is 0.110. The Kier molecular flexibility index (Phi) is 4.29. The average Bonchev–Trinajstić information content (AvgIpc) is 3.03. The fourth-order valence-corrected chi connectivity index (χ4v) is 1.97. The molecule has 0 aliphatic heterocycles. The van der Waals surface area contributed by atoms with Crippen LogP contribution in [0.1, 0.15) is 45.4 Å². The van der Waals surface area contributed by atoms with Crippen molar-refractivity contribution < 1.29 is 4.74 Å². The summed E-state index contributed by atoms with van der Waals surface area (Å²) in [5, 5.41) is 16.2. The van der Waals surface area contributed by atoms with Gasteiger partial charge in [0.1, 0.15) is 6.10 Å². The quantitative estimate of drug-likeness (QED) is 0.896. The maximum absolute atomic E-state index is 5.17. The lowest BCUT2D eigenvalue weighted by molar-refractivity contribution is 0.113. The number of ether oxygens (including phenoxy) is 1. The third-order valence-electron chi connectivity index (χ3n) is 2.61. The molecule has 0 amide bonds. The monoisotopic (exact) mass is 297 g/mol. The van der Waals surface area contributed by atoms with Gasteiger partial charge in [0.2, 0.25) is 5.13 Å². The van der Waals surface area contributed by atoms with Crippen LogP contribution in [-0.4, -0.2) is 36.7 Å². The molecule has 0 bridgehead atoms. The Bertz CT molecular complexity index is 559. The first-order valence-corrected chi connectivity index (χ1v) is 7.07. The number of hydrogen-bond acceptors (Lipinski definition) is 8. The summed E-state index contributed by atoms with van der Waals surface area (Å²) in [7, 11) is 1.63. The molecule has 1 unspecified atom stereocenters. The molecule has 2 heterocycles. The van der Waals surface area contributed by atoms with Crippen LogP contribution in [0, 0.1) is 0 Å². The van der Waals surface area contributed by atoms with Crippen molar-refractivity contribution in [1.29, 1.82) is 0 Å². The summed E-state index contributed by atoms with van der Waals surface area (Å²) in [6, 6.07) is 0. The molecule has 20 heavy (non-hydrogen) atoms. The Morgan fingerprint density at radius 3 is 2.75 bits per heavy atom. The van der Waals surface area contributed by atoms with E-state index < -0.39 is 0 Å². The first kappa shape index (κ1) is 14.8. The molecule has 1 N–H and O–H groups in total. The van der Waals surface area contributed by atoms with E-state index in [-0.39, 0.29) is 11.6 Å². The summed E-state index contributed by atoms with van der Waals surface area (Å²) in [6.07, 6.45) is -0.110. The van der Waals surface area contributed by atoms with Gasteiger partial charge in [0, 0.05) is 18.6 Å². The Morgan fingerprint density at radius 2 is 2.15 bits per heavy atom. The van der Waals surface area contributed by atoms with Crippen molar-refractivity contribution in [2.75, 3.05) is 12.4 Å². The smallest absolute Gasteiger partial charge is 0.203 e. The van der Waals surface area contributed by atoms with Crippen molar-refractivity contribution in [3.63, 3.8) is 0 Å². The Labute approximate surface area is 121 Å². The molecular weight excluding hydrogens is 278 g/mol. The normalized spacial score (nSPS) is 13.4. The van der Waals surface area contributed by atoms with E-state index in [1.54, 1.807) is 11.9 Å². The molecule has 0 aromatic carbocycles. The lowest BCUT2D eigenvalue weighted by Gasteiger charge is -2.15. The van der Waals surface area contributed by atoms with Gasteiger partial charge in [0.25, 0.3) is 0 Å². The summed E-state index contributed by atoms with van der Waals surface area (Å²) in [5.41, 5.74) is -0.172. The zero-order valence-electron chi connectivity index (χ0n) is 12.3. The van der Waals surface area contributed by atoms with Crippen molar-refractivity contribution in [3.05, 3.63) is 11.6 Å². The maximum atomic E-state index is 5.17. The van der Waals surface area contributed by atoms with Crippen LogP contribution in [0.3, 0.4) is 0 Å². The predicted molar refractivity (Wildman–Crippen MR) is 75.5 cm³/mol. The van der Waals surface area contributed by atoms with Crippen molar-refractivity contribution in [3.8, 4) is 0 Å². The number of tetrazole rings is 1. The SMILES string of the molecule is COC(C)c1nsc(NCc2nnn(C(C)(C)C)n2)n1. The van der Waals surface area contributed by atoms with Gasteiger partial charge < -0.3 is 10.1 Å². The number of methoxy groups -OCH3 is 1. The van der Waals surface area contributed by atoms with Crippen LogP contribution in [0.15, 0.2) is 0 Å². The van der Waals surface area contributed by atoms with Gasteiger partial charge in [0.05, 0.1) is 12.1 Å². The molecule has 110 valence electrons. The zero-order chi connectivity index (χ0) is 14.8. The van der Waals surface area contributed by atoms with Gasteiger partial charge >= 0.3 is 0 Å². The summed E-state index contributed by atoms with van der Waals surface area (Å²) in [5.74, 6) is 1.29. The van der Waals surface area contributed by atoms with E-state index >= 15 is 0 Å². The first-order chi connectivity index (χ1) is 9.40. The molecule has 0 aliphatic rings. The van der Waals surface area contributed by atoms with E-state index in [0.29, 0.717) is 18.2 Å². The average molecular weight is 297 g/mol. The van der Waals surface area contributed by atoms with E-state index in [4.69, 9.17) is 4.74 Å². The lowest BCUT2D eigenvalue weighted by atomic mass is 10.1. The molecule has 2 aromatic heterocycles. The molecule has 0 radical (unpaired) electrons. The lowest BCUT2D eigenvalue weighted by Crippen LogP contribution is -2.24. The second-order valence-electron chi connectivity index (χ2n) is 5.36. The van der Waals surface area contributed by atoms with E-state index in [2.05, 4.69) is 30.1 Å². The van der Waals surface area contributed by atoms with Crippen LogP contribution in [-0.2, 0) is 16.8 Å². The molecule has 9 heteroatoms. The highest BCUT2D eigenvalue weighted by atomic mass is 32.1. The van der Waals surface area contributed by atoms with Gasteiger partial charge in [0.15, 0.2) is 11.6 Å². The molecule has 0 spiro atoms. The Balaban J connectivity index is 1.95. The van der Waals surface area contributed by atoms with E-state index in [1.807, 2.05) is 27.7 Å². The van der Waals surface area contributed by atoms with Crippen LogP contribution in [0.2, 0.25) is 0 Å². The summed E-state index contributed by atoms with van der Waals surface area (Å²) in [6.45, 7) is 8.44. The molecular formula is C11H19N7OS. The molecule has 0 saturated heterocycles. The van der Waals surface area contributed by atoms with Crippen LogP contribution >= 0.6 is 11.5 Å². The molecule has 0 fully saturated rings. The molecule has 2 aromatic rings. The maximum Gasteiger partial charge on any atom is 0.203 e. The van der Waals surface area contributed by atoms with Gasteiger partial charge in [-0.15, -0.1) is 10.2 Å². The van der Waals surface area contributed by atoms with Crippen LogP contribution in [0.4, 0.5) is 5.13 Å². The number of nitrogens with zero attached hydrogens (tertiary/aromatic N) is 6. The van der Waals surface area contributed by atoms with Gasteiger partial charge in [-0.3, -0.25) is 0 Å². The minimum atomic E-state index is -0.172. The Morgan fingerprint density at radius 1 is 1.40 bits per heavy atom. The van der Waals surface area contributed by atoms with Gasteiger partial charge in [-0.1, -0.05) is 0 Å². The van der Waals surface area contributed by atoms with E-state index in [1.165, 1.54) is 11.5 Å². The zero-order valence-corrected chi connectivity index (χ0v) is 13.1. The first-order valence-electron chi connectivity index (χ1n) is 6.30.